The topological polar surface area (TPSA) is 93.2 Å². The summed E-state index contributed by atoms with van der Waals surface area (Å²) in [6, 6.07) is 12.5. The molecule has 3 rings (SSSR count). The Hall–Kier alpha value is -3.74. The van der Waals surface area contributed by atoms with Gasteiger partial charge in [0.15, 0.2) is 0 Å². The van der Waals surface area contributed by atoms with Crippen molar-refractivity contribution in [3.63, 3.8) is 0 Å². The number of rotatable bonds is 5. The smallest absolute Gasteiger partial charge is 0.337 e. The molecule has 0 atom stereocenters. The van der Waals surface area contributed by atoms with E-state index in [-0.39, 0.29) is 11.6 Å². The second-order valence-corrected chi connectivity index (χ2v) is 6.18. The Morgan fingerprint density at radius 1 is 0.964 bits per heavy atom. The fraction of sp³-hybridized carbons (Fsp3) is 0.143. The number of nitrogens with zero attached hydrogens (tertiary/aromatic N) is 2. The number of aromatic nitrogens is 2. The van der Waals surface area contributed by atoms with Crippen molar-refractivity contribution in [1.82, 2.24) is 9.97 Å². The lowest BCUT2D eigenvalue weighted by Crippen LogP contribution is -2.15. The van der Waals surface area contributed by atoms with Crippen LogP contribution in [0.5, 0.6) is 0 Å². The number of hydrogen-bond donors (Lipinski definition) is 2. The van der Waals surface area contributed by atoms with Crippen molar-refractivity contribution in [2.24, 2.45) is 0 Å². The molecule has 7 nitrogen and oxygen atoms in total. The molecule has 3 aromatic rings. The van der Waals surface area contributed by atoms with Gasteiger partial charge in [0.1, 0.15) is 11.5 Å². The molecule has 2 N–H and O–H groups in total. The zero-order valence-corrected chi connectivity index (χ0v) is 15.8. The third-order valence-electron chi connectivity index (χ3n) is 4.32. The first-order valence-electron chi connectivity index (χ1n) is 8.63. The molecule has 1 aromatic heterocycles. The van der Waals surface area contributed by atoms with E-state index in [4.69, 9.17) is 0 Å². The number of hydrogen-bond acceptors (Lipinski definition) is 6. The minimum absolute atomic E-state index is 0.215. The summed E-state index contributed by atoms with van der Waals surface area (Å²) in [6.07, 6.45) is 2.89. The van der Waals surface area contributed by atoms with Crippen molar-refractivity contribution in [1.29, 1.82) is 0 Å². The number of carbonyl (C=O) groups excluding carboxylic acids is 2. The molecular weight excluding hydrogens is 356 g/mol. The second-order valence-electron chi connectivity index (χ2n) is 6.18. The average molecular weight is 376 g/mol. The van der Waals surface area contributed by atoms with Gasteiger partial charge in [0, 0.05) is 11.4 Å². The van der Waals surface area contributed by atoms with Crippen LogP contribution in [0.3, 0.4) is 0 Å². The molecule has 0 saturated heterocycles. The highest BCUT2D eigenvalue weighted by Crippen LogP contribution is 2.19. The molecule has 0 bridgehead atoms. The van der Waals surface area contributed by atoms with E-state index >= 15 is 0 Å². The molecule has 0 unspecified atom stereocenters. The number of benzene rings is 2. The summed E-state index contributed by atoms with van der Waals surface area (Å²) in [5.74, 6) is -0.241. The van der Waals surface area contributed by atoms with Gasteiger partial charge in [0.2, 0.25) is 0 Å². The summed E-state index contributed by atoms with van der Waals surface area (Å²) in [6.45, 7) is 3.94. The van der Waals surface area contributed by atoms with Gasteiger partial charge >= 0.3 is 5.97 Å². The van der Waals surface area contributed by atoms with Crippen LogP contribution >= 0.6 is 0 Å². The van der Waals surface area contributed by atoms with Gasteiger partial charge in [-0.2, -0.15) is 0 Å². The highest BCUT2D eigenvalue weighted by Gasteiger charge is 2.11. The first-order valence-corrected chi connectivity index (χ1v) is 8.63. The van der Waals surface area contributed by atoms with Crippen LogP contribution < -0.4 is 10.6 Å². The van der Waals surface area contributed by atoms with Gasteiger partial charge in [0.05, 0.1) is 25.1 Å². The van der Waals surface area contributed by atoms with E-state index in [0.29, 0.717) is 11.4 Å². The Morgan fingerprint density at radius 3 is 2.36 bits per heavy atom. The number of nitrogens with one attached hydrogen (secondary N) is 2. The van der Waals surface area contributed by atoms with Crippen molar-refractivity contribution in [3.8, 4) is 0 Å². The maximum absolute atomic E-state index is 12.4. The summed E-state index contributed by atoms with van der Waals surface area (Å²) in [5, 5.41) is 5.92. The van der Waals surface area contributed by atoms with Crippen LogP contribution in [0.2, 0.25) is 0 Å². The Kier molecular flexibility index (Phi) is 5.64. The quantitative estimate of drug-likeness (QED) is 0.657. The molecule has 0 spiro atoms. The van der Waals surface area contributed by atoms with E-state index in [0.717, 1.165) is 22.5 Å². The third kappa shape index (κ3) is 4.32. The number of aryl methyl sites for hydroxylation is 1. The number of carbonyl (C=O) groups is 2. The van der Waals surface area contributed by atoms with E-state index < -0.39 is 5.97 Å². The van der Waals surface area contributed by atoms with E-state index in [1.165, 1.54) is 19.5 Å². The molecule has 1 heterocycles. The number of ether oxygens (including phenoxy) is 1. The van der Waals surface area contributed by atoms with Crippen molar-refractivity contribution in [3.05, 3.63) is 77.2 Å². The lowest BCUT2D eigenvalue weighted by molar-refractivity contribution is 0.0600. The summed E-state index contributed by atoms with van der Waals surface area (Å²) in [4.78, 5) is 32.2. The van der Waals surface area contributed by atoms with Crippen molar-refractivity contribution in [2.75, 3.05) is 17.7 Å². The fourth-order valence-corrected chi connectivity index (χ4v) is 2.54. The van der Waals surface area contributed by atoms with Gasteiger partial charge < -0.3 is 15.4 Å². The Bertz CT molecular complexity index is 999. The van der Waals surface area contributed by atoms with Gasteiger partial charge in [-0.15, -0.1) is 0 Å². The zero-order valence-electron chi connectivity index (χ0n) is 15.8. The van der Waals surface area contributed by atoms with Gasteiger partial charge in [-0.3, -0.25) is 4.79 Å². The first kappa shape index (κ1) is 19.0. The predicted molar refractivity (Wildman–Crippen MR) is 107 cm³/mol. The minimum Gasteiger partial charge on any atom is -0.465 e. The normalized spacial score (nSPS) is 10.2. The number of methoxy groups -OCH3 is 1. The van der Waals surface area contributed by atoms with Crippen LogP contribution in [-0.2, 0) is 4.74 Å². The summed E-state index contributed by atoms with van der Waals surface area (Å²) in [5.41, 5.74) is 4.26. The maximum atomic E-state index is 12.4. The Morgan fingerprint density at radius 2 is 1.71 bits per heavy atom. The Balaban J connectivity index is 1.67. The van der Waals surface area contributed by atoms with E-state index in [1.807, 2.05) is 32.0 Å². The molecule has 7 heteroatoms. The van der Waals surface area contributed by atoms with Crippen LogP contribution in [0.4, 0.5) is 17.2 Å². The van der Waals surface area contributed by atoms with Crippen LogP contribution in [0, 0.1) is 13.8 Å². The maximum Gasteiger partial charge on any atom is 0.337 e. The van der Waals surface area contributed by atoms with Crippen molar-refractivity contribution < 1.29 is 14.3 Å². The predicted octanol–water partition coefficient (Wildman–Crippen LogP) is 3.88. The molecule has 0 radical (unpaired) electrons. The van der Waals surface area contributed by atoms with Crippen LogP contribution in [0.1, 0.15) is 32.0 Å². The highest BCUT2D eigenvalue weighted by molar-refractivity contribution is 6.03. The highest BCUT2D eigenvalue weighted by atomic mass is 16.5. The molecule has 1 amide bonds. The van der Waals surface area contributed by atoms with Gasteiger partial charge in [-0.05, 0) is 55.3 Å². The molecule has 142 valence electrons. The van der Waals surface area contributed by atoms with Crippen LogP contribution in [-0.4, -0.2) is 29.0 Å². The van der Waals surface area contributed by atoms with Gasteiger partial charge in [0.25, 0.3) is 5.91 Å². The minimum atomic E-state index is -0.398. The largest absolute Gasteiger partial charge is 0.465 e. The first-order chi connectivity index (χ1) is 13.5. The standard InChI is InChI=1S/C21H20N4O3/c1-13-5-4-6-17(14(13)2)25-20(26)18-11-23-19(12-22-18)24-16-9-7-15(8-10-16)21(27)28-3/h4-12H,1-3H3,(H,23,24)(H,25,26). The molecule has 2 aromatic carbocycles. The van der Waals surface area contributed by atoms with E-state index in [2.05, 4.69) is 25.3 Å². The SMILES string of the molecule is COC(=O)c1ccc(Nc2cnc(C(=O)Nc3cccc(C)c3C)cn2)cc1. The molecule has 0 aliphatic carbocycles. The third-order valence-corrected chi connectivity index (χ3v) is 4.32. The number of esters is 1. The van der Waals surface area contributed by atoms with Gasteiger partial charge in [-0.1, -0.05) is 12.1 Å². The van der Waals surface area contributed by atoms with Gasteiger partial charge in [-0.25, -0.2) is 14.8 Å². The molecule has 28 heavy (non-hydrogen) atoms. The average Bonchev–Trinajstić information content (AvgIpc) is 2.72. The monoisotopic (exact) mass is 376 g/mol. The molecule has 0 saturated carbocycles. The number of amides is 1. The molecule has 0 aliphatic rings. The lowest BCUT2D eigenvalue weighted by Gasteiger charge is -2.10. The lowest BCUT2D eigenvalue weighted by atomic mass is 10.1. The Labute approximate surface area is 162 Å². The zero-order chi connectivity index (χ0) is 20.1. The number of anilines is 3. The molecule has 0 fully saturated rings. The van der Waals surface area contributed by atoms with Crippen LogP contribution in [0.25, 0.3) is 0 Å². The summed E-state index contributed by atoms with van der Waals surface area (Å²) < 4.78 is 4.67. The molecule has 0 aliphatic heterocycles. The fourth-order valence-electron chi connectivity index (χ4n) is 2.54. The van der Waals surface area contributed by atoms with E-state index in [9.17, 15) is 9.59 Å². The second kappa shape index (κ2) is 8.30. The van der Waals surface area contributed by atoms with Crippen LogP contribution in [0.15, 0.2) is 54.9 Å². The summed E-state index contributed by atoms with van der Waals surface area (Å²) in [7, 11) is 1.34. The summed E-state index contributed by atoms with van der Waals surface area (Å²) >= 11 is 0. The van der Waals surface area contributed by atoms with E-state index in [1.54, 1.807) is 24.3 Å². The van der Waals surface area contributed by atoms with Crippen molar-refractivity contribution >= 4 is 29.1 Å². The molecular formula is C21H20N4O3. The van der Waals surface area contributed by atoms with Crippen molar-refractivity contribution in [2.45, 2.75) is 13.8 Å².